The van der Waals surface area contributed by atoms with Crippen LogP contribution in [0.1, 0.15) is 33.3 Å². The fourth-order valence-electron chi connectivity index (χ4n) is 2.56. The zero-order valence-corrected chi connectivity index (χ0v) is 16.9. The van der Waals surface area contributed by atoms with Crippen molar-refractivity contribution >= 4 is 23.8 Å². The predicted molar refractivity (Wildman–Crippen MR) is 115 cm³/mol. The number of nitrogens with one attached hydrogen (secondary N) is 1. The number of hydrogen-bond acceptors (Lipinski definition) is 8. The topological polar surface area (TPSA) is 133 Å². The highest BCUT2D eigenvalue weighted by atomic mass is 16.6. The van der Waals surface area contributed by atoms with Crippen LogP contribution in [0.3, 0.4) is 0 Å². The number of ether oxygens (including phenoxy) is 2. The molecule has 0 spiro atoms. The highest BCUT2D eigenvalue weighted by Crippen LogP contribution is 2.29. The number of amides is 1. The third kappa shape index (κ3) is 5.72. The van der Waals surface area contributed by atoms with Gasteiger partial charge in [-0.1, -0.05) is 6.07 Å². The minimum absolute atomic E-state index is 0.129. The summed E-state index contributed by atoms with van der Waals surface area (Å²) in [5.74, 6) is -0.682. The Morgan fingerprint density at radius 2 is 1.91 bits per heavy atom. The summed E-state index contributed by atoms with van der Waals surface area (Å²) in [6, 6.07) is 14.8. The van der Waals surface area contributed by atoms with Crippen LogP contribution < -0.4 is 14.9 Å². The number of esters is 1. The van der Waals surface area contributed by atoms with Gasteiger partial charge in [-0.25, -0.2) is 10.2 Å². The minimum atomic E-state index is -0.690. The van der Waals surface area contributed by atoms with Crippen LogP contribution in [0.2, 0.25) is 0 Å². The van der Waals surface area contributed by atoms with E-state index in [9.17, 15) is 19.7 Å². The molecule has 3 aromatic rings. The Morgan fingerprint density at radius 1 is 1.12 bits per heavy atom. The van der Waals surface area contributed by atoms with E-state index in [0.29, 0.717) is 17.9 Å². The lowest BCUT2D eigenvalue weighted by Gasteiger charge is -2.11. The van der Waals surface area contributed by atoms with Gasteiger partial charge < -0.3 is 9.47 Å². The standard InChI is InChI=1S/C22H18N4O6/c1-2-31-20-13-15(14-24-25-21(27)18-5-3-4-12-23-18)6-11-19(20)32-22(28)16-7-9-17(10-8-16)26(29)30/h3-14H,2H2,1H3,(H,25,27)/b24-14+. The first-order chi connectivity index (χ1) is 15.5. The Kier molecular flexibility index (Phi) is 7.20. The van der Waals surface area contributed by atoms with Gasteiger partial charge in [-0.3, -0.25) is 19.9 Å². The molecule has 0 fully saturated rings. The van der Waals surface area contributed by atoms with Crippen LogP contribution >= 0.6 is 0 Å². The number of non-ortho nitro benzene ring substituents is 1. The molecule has 0 saturated carbocycles. The first-order valence-corrected chi connectivity index (χ1v) is 9.46. The number of nitro groups is 1. The molecule has 1 N–H and O–H groups in total. The van der Waals surface area contributed by atoms with Crippen molar-refractivity contribution in [3.05, 3.63) is 93.8 Å². The first-order valence-electron chi connectivity index (χ1n) is 9.46. The van der Waals surface area contributed by atoms with E-state index in [2.05, 4.69) is 15.5 Å². The second-order valence-electron chi connectivity index (χ2n) is 6.25. The Labute approximate surface area is 182 Å². The van der Waals surface area contributed by atoms with Crippen LogP contribution in [0.15, 0.2) is 72.0 Å². The van der Waals surface area contributed by atoms with Crippen LogP contribution in [-0.2, 0) is 0 Å². The Bertz CT molecular complexity index is 1150. The maximum atomic E-state index is 12.4. The van der Waals surface area contributed by atoms with Crippen LogP contribution in [0.5, 0.6) is 11.5 Å². The molecule has 162 valence electrons. The number of hydrazone groups is 1. The van der Waals surface area contributed by atoms with E-state index in [4.69, 9.17) is 9.47 Å². The van der Waals surface area contributed by atoms with Gasteiger partial charge in [0, 0.05) is 18.3 Å². The largest absolute Gasteiger partial charge is 0.490 e. The zero-order valence-electron chi connectivity index (χ0n) is 16.9. The van der Waals surface area contributed by atoms with Crippen molar-refractivity contribution in [2.45, 2.75) is 6.92 Å². The van der Waals surface area contributed by atoms with E-state index in [0.717, 1.165) is 0 Å². The first kappa shape index (κ1) is 22.1. The third-order valence-corrected chi connectivity index (χ3v) is 4.06. The van der Waals surface area contributed by atoms with Crippen molar-refractivity contribution in [3.8, 4) is 11.5 Å². The van der Waals surface area contributed by atoms with Gasteiger partial charge >= 0.3 is 5.97 Å². The molecule has 1 amide bonds. The smallest absolute Gasteiger partial charge is 0.343 e. The van der Waals surface area contributed by atoms with E-state index in [-0.39, 0.29) is 22.7 Å². The molecule has 1 aromatic heterocycles. The quantitative estimate of drug-likeness (QED) is 0.189. The molecule has 0 aliphatic rings. The molecule has 0 bridgehead atoms. The number of aromatic nitrogens is 1. The van der Waals surface area contributed by atoms with Gasteiger partial charge in [-0.05, 0) is 55.0 Å². The van der Waals surface area contributed by atoms with E-state index in [1.54, 1.807) is 37.3 Å². The average molecular weight is 434 g/mol. The maximum Gasteiger partial charge on any atom is 0.343 e. The second kappa shape index (κ2) is 10.4. The number of nitro benzene ring substituents is 1. The molecule has 0 unspecified atom stereocenters. The summed E-state index contributed by atoms with van der Waals surface area (Å²) in [5, 5.41) is 14.6. The van der Waals surface area contributed by atoms with Gasteiger partial charge in [-0.15, -0.1) is 0 Å². The Balaban J connectivity index is 1.70. The number of carbonyl (C=O) groups excluding carboxylic acids is 2. The fraction of sp³-hybridized carbons (Fsp3) is 0.0909. The molecule has 0 atom stereocenters. The van der Waals surface area contributed by atoms with Gasteiger partial charge in [0.2, 0.25) is 0 Å². The van der Waals surface area contributed by atoms with Crippen molar-refractivity contribution in [1.29, 1.82) is 0 Å². The van der Waals surface area contributed by atoms with E-state index >= 15 is 0 Å². The van der Waals surface area contributed by atoms with Crippen LogP contribution in [0, 0.1) is 10.1 Å². The molecule has 0 saturated heterocycles. The summed E-state index contributed by atoms with van der Waals surface area (Å²) in [6.07, 6.45) is 2.91. The molecule has 0 aliphatic heterocycles. The van der Waals surface area contributed by atoms with Gasteiger partial charge in [0.25, 0.3) is 11.6 Å². The molecule has 2 aromatic carbocycles. The van der Waals surface area contributed by atoms with Crippen molar-refractivity contribution in [1.82, 2.24) is 10.4 Å². The minimum Gasteiger partial charge on any atom is -0.490 e. The van der Waals surface area contributed by atoms with Crippen LogP contribution in [0.25, 0.3) is 0 Å². The molecule has 32 heavy (non-hydrogen) atoms. The molecule has 0 radical (unpaired) electrons. The number of nitrogens with zero attached hydrogens (tertiary/aromatic N) is 3. The molecule has 1 heterocycles. The molecular weight excluding hydrogens is 416 g/mol. The highest BCUT2D eigenvalue weighted by Gasteiger charge is 2.15. The Hall–Kier alpha value is -4.60. The molecular formula is C22H18N4O6. The second-order valence-corrected chi connectivity index (χ2v) is 6.25. The summed E-state index contributed by atoms with van der Waals surface area (Å²) in [7, 11) is 0. The number of pyridine rings is 1. The lowest BCUT2D eigenvalue weighted by molar-refractivity contribution is -0.384. The lowest BCUT2D eigenvalue weighted by Crippen LogP contribution is -2.18. The average Bonchev–Trinajstić information content (AvgIpc) is 2.81. The normalized spacial score (nSPS) is 10.5. The van der Waals surface area contributed by atoms with Crippen molar-refractivity contribution < 1.29 is 24.0 Å². The zero-order chi connectivity index (χ0) is 22.9. The van der Waals surface area contributed by atoms with Gasteiger partial charge in [0.15, 0.2) is 11.5 Å². The number of hydrogen-bond donors (Lipinski definition) is 1. The number of rotatable bonds is 8. The highest BCUT2D eigenvalue weighted by molar-refractivity contribution is 5.93. The maximum absolute atomic E-state index is 12.4. The Morgan fingerprint density at radius 3 is 2.56 bits per heavy atom. The van der Waals surface area contributed by atoms with E-state index in [1.807, 2.05) is 0 Å². The van der Waals surface area contributed by atoms with Gasteiger partial charge in [0.05, 0.1) is 23.3 Å². The molecule has 10 nitrogen and oxygen atoms in total. The number of carbonyl (C=O) groups is 2. The summed E-state index contributed by atoms with van der Waals surface area (Å²) in [5.41, 5.74) is 3.22. The summed E-state index contributed by atoms with van der Waals surface area (Å²) >= 11 is 0. The SMILES string of the molecule is CCOc1cc(/C=N/NC(=O)c2ccccn2)ccc1OC(=O)c1ccc([N+](=O)[O-])cc1. The molecule has 10 heteroatoms. The molecule has 0 aliphatic carbocycles. The summed E-state index contributed by atoms with van der Waals surface area (Å²) in [4.78, 5) is 38.5. The van der Waals surface area contributed by atoms with Crippen molar-refractivity contribution in [2.75, 3.05) is 6.61 Å². The monoisotopic (exact) mass is 434 g/mol. The molecule has 3 rings (SSSR count). The third-order valence-electron chi connectivity index (χ3n) is 4.06. The summed E-state index contributed by atoms with van der Waals surface area (Å²) in [6.45, 7) is 2.09. The van der Waals surface area contributed by atoms with Gasteiger partial charge in [-0.2, -0.15) is 5.10 Å². The van der Waals surface area contributed by atoms with E-state index in [1.165, 1.54) is 42.7 Å². The fourth-order valence-corrected chi connectivity index (χ4v) is 2.56. The lowest BCUT2D eigenvalue weighted by atomic mass is 10.2. The van der Waals surface area contributed by atoms with Gasteiger partial charge in [0.1, 0.15) is 5.69 Å². The van der Waals surface area contributed by atoms with Crippen LogP contribution in [0.4, 0.5) is 5.69 Å². The number of benzene rings is 2. The van der Waals surface area contributed by atoms with Crippen molar-refractivity contribution in [3.63, 3.8) is 0 Å². The predicted octanol–water partition coefficient (Wildman–Crippen LogP) is 3.37. The summed E-state index contributed by atoms with van der Waals surface area (Å²) < 4.78 is 10.9. The van der Waals surface area contributed by atoms with E-state index < -0.39 is 16.8 Å². The van der Waals surface area contributed by atoms with Crippen LogP contribution in [-0.4, -0.2) is 34.6 Å². The van der Waals surface area contributed by atoms with Crippen molar-refractivity contribution in [2.24, 2.45) is 5.10 Å².